The van der Waals surface area contributed by atoms with Crippen molar-refractivity contribution in [3.8, 4) is 0 Å². The van der Waals surface area contributed by atoms with E-state index in [1.165, 1.54) is 43.5 Å². The second kappa shape index (κ2) is 6.91. The van der Waals surface area contributed by atoms with Gasteiger partial charge in [0.1, 0.15) is 0 Å². The van der Waals surface area contributed by atoms with Gasteiger partial charge in [0.05, 0.1) is 0 Å². The van der Waals surface area contributed by atoms with E-state index in [0.29, 0.717) is 6.04 Å². The van der Waals surface area contributed by atoms with E-state index in [-0.39, 0.29) is 0 Å². The summed E-state index contributed by atoms with van der Waals surface area (Å²) in [6, 6.07) is 9.76. The highest BCUT2D eigenvalue weighted by atomic mass is 15.2. The first-order valence-electron chi connectivity index (χ1n) is 7.35. The Morgan fingerprint density at radius 3 is 2.67 bits per heavy atom. The van der Waals surface area contributed by atoms with Crippen molar-refractivity contribution in [3.63, 3.8) is 0 Å². The quantitative estimate of drug-likeness (QED) is 0.878. The summed E-state index contributed by atoms with van der Waals surface area (Å²) in [6.07, 6.45) is 3.69. The predicted molar refractivity (Wildman–Crippen MR) is 77.9 cm³/mol. The summed E-state index contributed by atoms with van der Waals surface area (Å²) < 4.78 is 0. The van der Waals surface area contributed by atoms with E-state index in [0.717, 1.165) is 13.1 Å². The van der Waals surface area contributed by atoms with E-state index in [1.807, 2.05) is 0 Å². The third kappa shape index (κ3) is 3.56. The second-order valence-corrected chi connectivity index (χ2v) is 5.31. The van der Waals surface area contributed by atoms with E-state index in [9.17, 15) is 0 Å². The Bertz CT molecular complexity index is 337. The van der Waals surface area contributed by atoms with Gasteiger partial charge >= 0.3 is 0 Å². The molecule has 0 spiro atoms. The van der Waals surface area contributed by atoms with Crippen LogP contribution in [0.15, 0.2) is 24.3 Å². The molecule has 2 nitrogen and oxygen atoms in total. The zero-order valence-electron chi connectivity index (χ0n) is 11.8. The molecule has 18 heavy (non-hydrogen) atoms. The van der Waals surface area contributed by atoms with Crippen molar-refractivity contribution < 1.29 is 0 Å². The average Bonchev–Trinajstić information content (AvgIpc) is 2.68. The van der Waals surface area contributed by atoms with E-state index in [4.69, 9.17) is 0 Å². The molecule has 1 aliphatic heterocycles. The SMILES string of the molecule is CCCc1ccc(C(C)N2CCCNCC2)cc1. The van der Waals surface area contributed by atoms with Gasteiger partial charge in [-0.1, -0.05) is 37.6 Å². The molecule has 2 heteroatoms. The van der Waals surface area contributed by atoms with Crippen LogP contribution in [-0.2, 0) is 6.42 Å². The van der Waals surface area contributed by atoms with E-state index in [1.54, 1.807) is 0 Å². The van der Waals surface area contributed by atoms with Gasteiger partial charge in [-0.2, -0.15) is 0 Å². The van der Waals surface area contributed by atoms with Gasteiger partial charge in [-0.3, -0.25) is 4.90 Å². The normalized spacial score (nSPS) is 19.4. The molecule has 0 amide bonds. The average molecular weight is 246 g/mol. The third-order valence-corrected chi connectivity index (χ3v) is 3.92. The number of rotatable bonds is 4. The highest BCUT2D eigenvalue weighted by Crippen LogP contribution is 2.21. The number of nitrogens with one attached hydrogen (secondary N) is 1. The van der Waals surface area contributed by atoms with Crippen LogP contribution in [0.1, 0.15) is 43.9 Å². The maximum atomic E-state index is 3.47. The van der Waals surface area contributed by atoms with E-state index < -0.39 is 0 Å². The third-order valence-electron chi connectivity index (χ3n) is 3.92. The minimum atomic E-state index is 0.542. The lowest BCUT2D eigenvalue weighted by atomic mass is 10.0. The van der Waals surface area contributed by atoms with Gasteiger partial charge in [-0.25, -0.2) is 0 Å². The van der Waals surface area contributed by atoms with Crippen LogP contribution in [0.4, 0.5) is 0 Å². The van der Waals surface area contributed by atoms with Gasteiger partial charge in [-0.15, -0.1) is 0 Å². The highest BCUT2D eigenvalue weighted by molar-refractivity contribution is 5.25. The largest absolute Gasteiger partial charge is 0.315 e. The van der Waals surface area contributed by atoms with Gasteiger partial charge in [0.15, 0.2) is 0 Å². The van der Waals surface area contributed by atoms with E-state index >= 15 is 0 Å². The Morgan fingerprint density at radius 2 is 1.94 bits per heavy atom. The highest BCUT2D eigenvalue weighted by Gasteiger charge is 2.16. The molecular weight excluding hydrogens is 220 g/mol. The molecule has 1 heterocycles. The molecular formula is C16H26N2. The molecule has 1 aromatic rings. The van der Waals surface area contributed by atoms with Crippen molar-refractivity contribution in [1.82, 2.24) is 10.2 Å². The molecule has 0 saturated carbocycles. The van der Waals surface area contributed by atoms with Crippen molar-refractivity contribution in [2.45, 2.75) is 39.2 Å². The van der Waals surface area contributed by atoms with Gasteiger partial charge in [0, 0.05) is 19.1 Å². The van der Waals surface area contributed by atoms with Crippen molar-refractivity contribution in [3.05, 3.63) is 35.4 Å². The number of hydrogen-bond donors (Lipinski definition) is 1. The van der Waals surface area contributed by atoms with Gasteiger partial charge in [0.2, 0.25) is 0 Å². The molecule has 2 rings (SSSR count). The fourth-order valence-corrected chi connectivity index (χ4v) is 2.72. The zero-order valence-corrected chi connectivity index (χ0v) is 11.8. The van der Waals surface area contributed by atoms with Crippen LogP contribution in [-0.4, -0.2) is 31.1 Å². The molecule has 0 aliphatic carbocycles. The Kier molecular flexibility index (Phi) is 5.21. The summed E-state index contributed by atoms with van der Waals surface area (Å²) in [4.78, 5) is 2.59. The fourth-order valence-electron chi connectivity index (χ4n) is 2.72. The van der Waals surface area contributed by atoms with Crippen LogP contribution < -0.4 is 5.32 Å². The van der Waals surface area contributed by atoms with Gasteiger partial charge in [0.25, 0.3) is 0 Å². The Balaban J connectivity index is 2.00. The summed E-state index contributed by atoms with van der Waals surface area (Å²) in [7, 11) is 0. The summed E-state index contributed by atoms with van der Waals surface area (Å²) in [6.45, 7) is 9.24. The molecule has 0 radical (unpaired) electrons. The van der Waals surface area contributed by atoms with Crippen LogP contribution in [0.5, 0.6) is 0 Å². The molecule has 1 N–H and O–H groups in total. The standard InChI is InChI=1S/C16H26N2/c1-3-5-15-6-8-16(9-7-15)14(2)18-12-4-10-17-11-13-18/h6-9,14,17H,3-5,10-13H2,1-2H3. The molecule has 0 aromatic heterocycles. The molecule has 1 aliphatic rings. The van der Waals surface area contributed by atoms with Crippen molar-refractivity contribution in [1.29, 1.82) is 0 Å². The lowest BCUT2D eigenvalue weighted by Crippen LogP contribution is -2.30. The Labute approximate surface area is 111 Å². The Morgan fingerprint density at radius 1 is 1.17 bits per heavy atom. The predicted octanol–water partition coefficient (Wildman–Crippen LogP) is 3.00. The first kappa shape index (κ1) is 13.6. The fraction of sp³-hybridized carbons (Fsp3) is 0.625. The summed E-state index contributed by atoms with van der Waals surface area (Å²) >= 11 is 0. The van der Waals surface area contributed by atoms with Crippen molar-refractivity contribution >= 4 is 0 Å². The molecule has 1 fully saturated rings. The van der Waals surface area contributed by atoms with Crippen LogP contribution >= 0.6 is 0 Å². The first-order valence-corrected chi connectivity index (χ1v) is 7.35. The minimum absolute atomic E-state index is 0.542. The van der Waals surface area contributed by atoms with Gasteiger partial charge in [-0.05, 0) is 44.0 Å². The van der Waals surface area contributed by atoms with Crippen molar-refractivity contribution in [2.24, 2.45) is 0 Å². The monoisotopic (exact) mass is 246 g/mol. The topological polar surface area (TPSA) is 15.3 Å². The second-order valence-electron chi connectivity index (χ2n) is 5.31. The summed E-state index contributed by atoms with van der Waals surface area (Å²) in [5.74, 6) is 0. The lowest BCUT2D eigenvalue weighted by molar-refractivity contribution is 0.225. The number of aryl methyl sites for hydroxylation is 1. The van der Waals surface area contributed by atoms with Crippen molar-refractivity contribution in [2.75, 3.05) is 26.2 Å². The summed E-state index contributed by atoms with van der Waals surface area (Å²) in [5, 5.41) is 3.47. The van der Waals surface area contributed by atoms with Crippen LogP contribution in [0.3, 0.4) is 0 Å². The zero-order chi connectivity index (χ0) is 12.8. The van der Waals surface area contributed by atoms with Gasteiger partial charge < -0.3 is 5.32 Å². The number of nitrogens with zero attached hydrogens (tertiary/aromatic N) is 1. The summed E-state index contributed by atoms with van der Waals surface area (Å²) in [5.41, 5.74) is 2.92. The van der Waals surface area contributed by atoms with Crippen LogP contribution in [0.25, 0.3) is 0 Å². The molecule has 1 atom stereocenters. The van der Waals surface area contributed by atoms with Crippen LogP contribution in [0, 0.1) is 0 Å². The molecule has 100 valence electrons. The number of hydrogen-bond acceptors (Lipinski definition) is 2. The smallest absolute Gasteiger partial charge is 0.0320 e. The molecule has 1 aromatic carbocycles. The van der Waals surface area contributed by atoms with E-state index in [2.05, 4.69) is 48.3 Å². The number of benzene rings is 1. The maximum absolute atomic E-state index is 3.47. The molecule has 0 bridgehead atoms. The minimum Gasteiger partial charge on any atom is -0.315 e. The molecule has 1 saturated heterocycles. The first-order chi connectivity index (χ1) is 8.81. The maximum Gasteiger partial charge on any atom is 0.0320 e. The Hall–Kier alpha value is -0.860. The molecule has 1 unspecified atom stereocenters. The van der Waals surface area contributed by atoms with Crippen LogP contribution in [0.2, 0.25) is 0 Å². The lowest BCUT2D eigenvalue weighted by Gasteiger charge is -2.27.